The minimum absolute atomic E-state index is 0.219. The molecule has 1 aromatic heterocycles. The number of ether oxygens (including phenoxy) is 1. The van der Waals surface area contributed by atoms with Gasteiger partial charge in [0, 0.05) is 26.5 Å². The molecule has 0 aromatic carbocycles. The molecule has 0 fully saturated rings. The van der Waals surface area contributed by atoms with Crippen molar-refractivity contribution in [1.82, 2.24) is 9.78 Å². The number of nitrogens with zero attached hydrogens (tertiary/aromatic N) is 2. The first-order chi connectivity index (χ1) is 6.25. The van der Waals surface area contributed by atoms with Gasteiger partial charge in [-0.3, -0.25) is 4.68 Å². The summed E-state index contributed by atoms with van der Waals surface area (Å²) in [4.78, 5) is 10.6. The van der Waals surface area contributed by atoms with Crippen LogP contribution in [0.15, 0.2) is 12.3 Å². The molecule has 1 heterocycles. The highest BCUT2D eigenvalue weighted by Gasteiger charge is 2.08. The molecule has 0 bridgehead atoms. The predicted molar refractivity (Wildman–Crippen MR) is 45.7 cm³/mol. The average molecular weight is 184 g/mol. The van der Waals surface area contributed by atoms with Crippen molar-refractivity contribution < 1.29 is 14.6 Å². The lowest BCUT2D eigenvalue weighted by Crippen LogP contribution is -2.11. The van der Waals surface area contributed by atoms with E-state index in [2.05, 4.69) is 5.10 Å². The molecule has 0 radical (unpaired) electrons. The monoisotopic (exact) mass is 184 g/mol. The normalized spacial score (nSPS) is 10.2. The van der Waals surface area contributed by atoms with E-state index in [1.165, 1.54) is 16.9 Å². The molecule has 5 nitrogen and oxygen atoms in total. The SMILES string of the molecule is COCCCn1nccc1C(=O)O. The van der Waals surface area contributed by atoms with Gasteiger partial charge < -0.3 is 9.84 Å². The van der Waals surface area contributed by atoms with Crippen LogP contribution in [0.3, 0.4) is 0 Å². The molecule has 0 aliphatic carbocycles. The molecule has 0 aliphatic heterocycles. The number of aryl methyl sites for hydroxylation is 1. The zero-order valence-electron chi connectivity index (χ0n) is 7.43. The van der Waals surface area contributed by atoms with Crippen LogP contribution in [0.25, 0.3) is 0 Å². The van der Waals surface area contributed by atoms with E-state index in [9.17, 15) is 4.79 Å². The van der Waals surface area contributed by atoms with Crippen molar-refractivity contribution >= 4 is 5.97 Å². The summed E-state index contributed by atoms with van der Waals surface area (Å²) in [5.41, 5.74) is 0.219. The van der Waals surface area contributed by atoms with E-state index < -0.39 is 5.97 Å². The lowest BCUT2D eigenvalue weighted by molar-refractivity contribution is 0.0682. The fourth-order valence-electron chi connectivity index (χ4n) is 1.05. The van der Waals surface area contributed by atoms with Crippen LogP contribution in [0.1, 0.15) is 16.9 Å². The molecule has 0 aliphatic rings. The first-order valence-electron chi connectivity index (χ1n) is 3.99. The van der Waals surface area contributed by atoms with Gasteiger partial charge in [-0.05, 0) is 12.5 Å². The van der Waals surface area contributed by atoms with E-state index in [-0.39, 0.29) is 5.69 Å². The summed E-state index contributed by atoms with van der Waals surface area (Å²) in [5, 5.41) is 12.6. The van der Waals surface area contributed by atoms with E-state index in [1.807, 2.05) is 0 Å². The van der Waals surface area contributed by atoms with Gasteiger partial charge in [0.2, 0.25) is 0 Å². The highest BCUT2D eigenvalue weighted by Crippen LogP contribution is 1.99. The zero-order chi connectivity index (χ0) is 9.68. The van der Waals surface area contributed by atoms with Crippen LogP contribution in [0.2, 0.25) is 0 Å². The van der Waals surface area contributed by atoms with Gasteiger partial charge >= 0.3 is 5.97 Å². The molecule has 1 rings (SSSR count). The molecule has 72 valence electrons. The second-order valence-electron chi connectivity index (χ2n) is 2.59. The van der Waals surface area contributed by atoms with Gasteiger partial charge in [0.05, 0.1) is 0 Å². The summed E-state index contributed by atoms with van der Waals surface area (Å²) in [6.07, 6.45) is 2.24. The molecule has 0 saturated heterocycles. The second kappa shape index (κ2) is 4.61. The molecule has 1 N–H and O–H groups in total. The average Bonchev–Trinajstić information content (AvgIpc) is 2.53. The molecular formula is C8H12N2O3. The van der Waals surface area contributed by atoms with E-state index in [4.69, 9.17) is 9.84 Å². The Labute approximate surface area is 75.9 Å². The highest BCUT2D eigenvalue weighted by atomic mass is 16.5. The van der Waals surface area contributed by atoms with Crippen molar-refractivity contribution in [2.45, 2.75) is 13.0 Å². The topological polar surface area (TPSA) is 64.4 Å². The lowest BCUT2D eigenvalue weighted by Gasteiger charge is -2.02. The van der Waals surface area contributed by atoms with Crippen molar-refractivity contribution in [3.8, 4) is 0 Å². The van der Waals surface area contributed by atoms with Gasteiger partial charge in [-0.1, -0.05) is 0 Å². The third kappa shape index (κ3) is 2.55. The van der Waals surface area contributed by atoms with E-state index in [0.717, 1.165) is 6.42 Å². The largest absolute Gasteiger partial charge is 0.477 e. The molecule has 0 spiro atoms. The molecule has 0 unspecified atom stereocenters. The highest BCUT2D eigenvalue weighted by molar-refractivity contribution is 5.85. The molecule has 0 saturated carbocycles. The Morgan fingerprint density at radius 1 is 1.77 bits per heavy atom. The summed E-state index contributed by atoms with van der Waals surface area (Å²) in [7, 11) is 1.61. The Bertz CT molecular complexity index is 283. The Hall–Kier alpha value is -1.36. The molecule has 13 heavy (non-hydrogen) atoms. The summed E-state index contributed by atoms with van der Waals surface area (Å²) in [6, 6.07) is 1.48. The van der Waals surface area contributed by atoms with Crippen molar-refractivity contribution in [3.63, 3.8) is 0 Å². The minimum atomic E-state index is -0.949. The van der Waals surface area contributed by atoms with Crippen LogP contribution in [0, 0.1) is 0 Å². The second-order valence-corrected chi connectivity index (χ2v) is 2.59. The van der Waals surface area contributed by atoms with Crippen LogP contribution in [0.4, 0.5) is 0 Å². The van der Waals surface area contributed by atoms with Gasteiger partial charge in [-0.2, -0.15) is 5.10 Å². The number of carbonyl (C=O) groups is 1. The van der Waals surface area contributed by atoms with Gasteiger partial charge in [0.25, 0.3) is 0 Å². The maximum absolute atomic E-state index is 10.6. The number of hydrogen-bond acceptors (Lipinski definition) is 3. The van der Waals surface area contributed by atoms with E-state index in [0.29, 0.717) is 13.2 Å². The van der Waals surface area contributed by atoms with Crippen molar-refractivity contribution in [2.24, 2.45) is 0 Å². The summed E-state index contributed by atoms with van der Waals surface area (Å²) < 4.78 is 6.31. The van der Waals surface area contributed by atoms with Crippen molar-refractivity contribution in [1.29, 1.82) is 0 Å². The van der Waals surface area contributed by atoms with Crippen LogP contribution in [-0.2, 0) is 11.3 Å². The van der Waals surface area contributed by atoms with Gasteiger partial charge in [-0.25, -0.2) is 4.79 Å². The fraction of sp³-hybridized carbons (Fsp3) is 0.500. The maximum Gasteiger partial charge on any atom is 0.354 e. The number of aromatic nitrogens is 2. The third-order valence-corrected chi connectivity index (χ3v) is 1.65. The fourth-order valence-corrected chi connectivity index (χ4v) is 1.05. The van der Waals surface area contributed by atoms with Gasteiger partial charge in [0.1, 0.15) is 5.69 Å². The Balaban J connectivity index is 2.55. The van der Waals surface area contributed by atoms with Crippen LogP contribution >= 0.6 is 0 Å². The number of methoxy groups -OCH3 is 1. The molecule has 0 atom stereocenters. The van der Waals surface area contributed by atoms with Gasteiger partial charge in [0.15, 0.2) is 0 Å². The third-order valence-electron chi connectivity index (χ3n) is 1.65. The maximum atomic E-state index is 10.6. The van der Waals surface area contributed by atoms with E-state index >= 15 is 0 Å². The van der Waals surface area contributed by atoms with Gasteiger partial charge in [-0.15, -0.1) is 0 Å². The first-order valence-corrected chi connectivity index (χ1v) is 3.99. The van der Waals surface area contributed by atoms with Crippen LogP contribution in [0.5, 0.6) is 0 Å². The van der Waals surface area contributed by atoms with Crippen LogP contribution in [-0.4, -0.2) is 34.6 Å². The summed E-state index contributed by atoms with van der Waals surface area (Å²) in [5.74, 6) is -0.949. The smallest absolute Gasteiger partial charge is 0.354 e. The predicted octanol–water partition coefficient (Wildman–Crippen LogP) is 0.618. The number of rotatable bonds is 5. The minimum Gasteiger partial charge on any atom is -0.477 e. The summed E-state index contributed by atoms with van der Waals surface area (Å²) >= 11 is 0. The molecular weight excluding hydrogens is 172 g/mol. The van der Waals surface area contributed by atoms with Crippen molar-refractivity contribution in [3.05, 3.63) is 18.0 Å². The Morgan fingerprint density at radius 3 is 3.15 bits per heavy atom. The standard InChI is InChI=1S/C8H12N2O3/c1-13-6-2-5-10-7(8(11)12)3-4-9-10/h3-4H,2,5-6H2,1H3,(H,11,12). The Morgan fingerprint density at radius 2 is 2.54 bits per heavy atom. The summed E-state index contributed by atoms with van der Waals surface area (Å²) in [6.45, 7) is 1.18. The molecule has 0 amide bonds. The van der Waals surface area contributed by atoms with E-state index in [1.54, 1.807) is 7.11 Å². The van der Waals surface area contributed by atoms with Crippen LogP contribution < -0.4 is 0 Å². The number of aromatic carboxylic acids is 1. The van der Waals surface area contributed by atoms with Crippen molar-refractivity contribution in [2.75, 3.05) is 13.7 Å². The number of carboxylic acid groups (broad SMARTS) is 1. The first kappa shape index (κ1) is 9.73. The quantitative estimate of drug-likeness (QED) is 0.681. The Kier molecular flexibility index (Phi) is 3.45. The zero-order valence-corrected chi connectivity index (χ0v) is 7.43. The molecule has 1 aromatic rings. The molecule has 5 heteroatoms. The lowest BCUT2D eigenvalue weighted by atomic mass is 10.4. The number of hydrogen-bond donors (Lipinski definition) is 1. The number of carboxylic acids is 1.